The molecule has 0 heterocycles. The van der Waals surface area contributed by atoms with Gasteiger partial charge in [0, 0.05) is 12.7 Å². The molecule has 2 aromatic rings. The molecule has 28 heavy (non-hydrogen) atoms. The van der Waals surface area contributed by atoms with E-state index in [-0.39, 0.29) is 6.10 Å². The molecular formula is C25H38O2Si. The summed E-state index contributed by atoms with van der Waals surface area (Å²) in [7, 11) is -2.76. The van der Waals surface area contributed by atoms with Crippen LogP contribution in [0.5, 0.6) is 0 Å². The van der Waals surface area contributed by atoms with Crippen molar-refractivity contribution in [1.82, 2.24) is 0 Å². The van der Waals surface area contributed by atoms with Gasteiger partial charge in [-0.2, -0.15) is 0 Å². The molecule has 154 valence electrons. The van der Waals surface area contributed by atoms with E-state index in [9.17, 15) is 0 Å². The monoisotopic (exact) mass is 398 g/mol. The number of benzene rings is 2. The van der Waals surface area contributed by atoms with Gasteiger partial charge in [-0.25, -0.2) is 0 Å². The van der Waals surface area contributed by atoms with Gasteiger partial charge < -0.3 is 8.85 Å². The molecule has 1 atom stereocenters. The quantitative estimate of drug-likeness (QED) is 0.319. The molecule has 3 heteroatoms. The summed E-state index contributed by atoms with van der Waals surface area (Å²) in [6.45, 7) is 9.71. The van der Waals surface area contributed by atoms with Gasteiger partial charge in [0.25, 0.3) is 0 Å². The fraction of sp³-hybridized carbons (Fsp3) is 0.520. The van der Waals surface area contributed by atoms with Crippen LogP contribution < -0.4 is 10.4 Å². The number of hydrogen-bond acceptors (Lipinski definition) is 2. The van der Waals surface area contributed by atoms with Crippen LogP contribution in [0.15, 0.2) is 60.7 Å². The highest BCUT2D eigenvalue weighted by Gasteiger charge is 2.44. The molecule has 0 saturated carbocycles. The van der Waals surface area contributed by atoms with Gasteiger partial charge in [-0.3, -0.25) is 0 Å². The van der Waals surface area contributed by atoms with E-state index < -0.39 is 8.56 Å². The minimum Gasteiger partial charge on any atom is -0.388 e. The summed E-state index contributed by atoms with van der Waals surface area (Å²) in [4.78, 5) is 0. The normalized spacial score (nSPS) is 13.0. The zero-order valence-corrected chi connectivity index (χ0v) is 19.2. The summed E-state index contributed by atoms with van der Waals surface area (Å²) in [5.74, 6) is 0.456. The summed E-state index contributed by atoms with van der Waals surface area (Å²) in [5, 5.41) is 2.41. The van der Waals surface area contributed by atoms with Gasteiger partial charge in [0.15, 0.2) is 0 Å². The van der Waals surface area contributed by atoms with Crippen molar-refractivity contribution in [2.45, 2.75) is 72.3 Å². The molecule has 0 aromatic heterocycles. The number of unbranched alkanes of at least 4 members (excludes halogenated alkanes) is 4. The molecule has 2 nitrogen and oxygen atoms in total. The van der Waals surface area contributed by atoms with Gasteiger partial charge in [-0.05, 0) is 29.1 Å². The van der Waals surface area contributed by atoms with Gasteiger partial charge in [0.2, 0.25) is 0 Å². The molecule has 0 fully saturated rings. The summed E-state index contributed by atoms with van der Waals surface area (Å²) in [6.07, 6.45) is 7.36. The van der Waals surface area contributed by atoms with Crippen molar-refractivity contribution < 1.29 is 8.85 Å². The lowest BCUT2D eigenvalue weighted by molar-refractivity contribution is 0.0936. The van der Waals surface area contributed by atoms with Crippen LogP contribution in [0, 0.1) is 5.92 Å². The maximum absolute atomic E-state index is 6.97. The van der Waals surface area contributed by atoms with E-state index >= 15 is 0 Å². The van der Waals surface area contributed by atoms with Gasteiger partial charge >= 0.3 is 8.56 Å². The molecule has 0 aliphatic heterocycles. The first-order chi connectivity index (χ1) is 13.6. The van der Waals surface area contributed by atoms with Crippen molar-refractivity contribution in [2.24, 2.45) is 5.92 Å². The average Bonchev–Trinajstić information content (AvgIpc) is 2.74. The maximum Gasteiger partial charge on any atom is 0.407 e. The SMILES string of the molecule is CCCCCCCO[Si](OC(CC)C(C)C)(c1ccccc1)c1ccccc1. The van der Waals surface area contributed by atoms with Crippen LogP contribution in [-0.4, -0.2) is 21.3 Å². The molecule has 1 unspecified atom stereocenters. The number of hydrogen-bond donors (Lipinski definition) is 0. The van der Waals surface area contributed by atoms with Crippen molar-refractivity contribution in [3.05, 3.63) is 60.7 Å². The van der Waals surface area contributed by atoms with Gasteiger partial charge in [-0.15, -0.1) is 0 Å². The largest absolute Gasteiger partial charge is 0.407 e. The molecule has 0 bridgehead atoms. The Hall–Kier alpha value is -1.42. The van der Waals surface area contributed by atoms with E-state index in [1.807, 2.05) is 0 Å². The highest BCUT2D eigenvalue weighted by Crippen LogP contribution is 2.20. The first kappa shape index (κ1) is 22.9. The lowest BCUT2D eigenvalue weighted by Crippen LogP contribution is -2.65. The molecule has 2 aromatic carbocycles. The summed E-state index contributed by atoms with van der Waals surface area (Å²) in [6, 6.07) is 21.3. The Labute approximate surface area is 173 Å². The molecule has 0 amide bonds. The van der Waals surface area contributed by atoms with E-state index in [0.717, 1.165) is 19.4 Å². The van der Waals surface area contributed by atoms with E-state index in [4.69, 9.17) is 8.85 Å². The second-order valence-electron chi connectivity index (χ2n) is 7.92. The van der Waals surface area contributed by atoms with Gasteiger partial charge in [0.05, 0.1) is 0 Å². The molecule has 0 radical (unpaired) electrons. The topological polar surface area (TPSA) is 18.5 Å². The molecule has 2 rings (SSSR count). The summed E-state index contributed by atoms with van der Waals surface area (Å²) < 4.78 is 13.7. The van der Waals surface area contributed by atoms with Crippen LogP contribution >= 0.6 is 0 Å². The van der Waals surface area contributed by atoms with Crippen molar-refractivity contribution >= 4 is 18.9 Å². The second kappa shape index (κ2) is 12.2. The Morgan fingerprint density at radius 1 is 0.750 bits per heavy atom. The highest BCUT2D eigenvalue weighted by molar-refractivity contribution is 6.92. The molecule has 0 saturated heterocycles. The van der Waals surface area contributed by atoms with Gasteiger partial charge in [0.1, 0.15) is 0 Å². The zero-order valence-electron chi connectivity index (χ0n) is 18.2. The van der Waals surface area contributed by atoms with Crippen LogP contribution in [0.1, 0.15) is 66.2 Å². The molecule has 0 aliphatic rings. The fourth-order valence-electron chi connectivity index (χ4n) is 3.64. The lowest BCUT2D eigenvalue weighted by atomic mass is 10.1. The highest BCUT2D eigenvalue weighted by atomic mass is 28.4. The third kappa shape index (κ3) is 6.30. The number of rotatable bonds is 13. The molecular weight excluding hydrogens is 360 g/mol. The molecule has 0 spiro atoms. The summed E-state index contributed by atoms with van der Waals surface area (Å²) in [5.41, 5.74) is 0. The van der Waals surface area contributed by atoms with E-state index in [1.165, 1.54) is 36.1 Å². The summed E-state index contributed by atoms with van der Waals surface area (Å²) >= 11 is 0. The van der Waals surface area contributed by atoms with Crippen molar-refractivity contribution in [2.75, 3.05) is 6.61 Å². The van der Waals surface area contributed by atoms with E-state index in [2.05, 4.69) is 88.4 Å². The molecule has 0 N–H and O–H groups in total. The third-order valence-corrected chi connectivity index (χ3v) is 8.76. The Bertz CT molecular complexity index is 603. The minimum absolute atomic E-state index is 0.187. The van der Waals surface area contributed by atoms with Crippen LogP contribution in [-0.2, 0) is 8.85 Å². The Morgan fingerprint density at radius 3 is 1.75 bits per heavy atom. The zero-order chi connectivity index (χ0) is 20.2. The first-order valence-electron chi connectivity index (χ1n) is 11.1. The van der Waals surface area contributed by atoms with Crippen molar-refractivity contribution in [1.29, 1.82) is 0 Å². The molecule has 0 aliphatic carbocycles. The van der Waals surface area contributed by atoms with Crippen LogP contribution in [0.4, 0.5) is 0 Å². The van der Waals surface area contributed by atoms with Crippen LogP contribution in [0.3, 0.4) is 0 Å². The van der Waals surface area contributed by atoms with Crippen molar-refractivity contribution in [3.63, 3.8) is 0 Å². The predicted molar refractivity (Wildman–Crippen MR) is 123 cm³/mol. The van der Waals surface area contributed by atoms with E-state index in [1.54, 1.807) is 0 Å². The average molecular weight is 399 g/mol. The fourth-order valence-corrected chi connectivity index (χ4v) is 7.21. The third-order valence-electron chi connectivity index (χ3n) is 5.32. The van der Waals surface area contributed by atoms with Crippen molar-refractivity contribution in [3.8, 4) is 0 Å². The van der Waals surface area contributed by atoms with Crippen LogP contribution in [0.25, 0.3) is 0 Å². The minimum atomic E-state index is -2.76. The Balaban J connectivity index is 2.35. The predicted octanol–water partition coefficient (Wildman–Crippen LogP) is 5.68. The first-order valence-corrected chi connectivity index (χ1v) is 12.9. The van der Waals surface area contributed by atoms with E-state index in [0.29, 0.717) is 5.92 Å². The lowest BCUT2D eigenvalue weighted by Gasteiger charge is -2.36. The van der Waals surface area contributed by atoms with Gasteiger partial charge in [-0.1, -0.05) is 114 Å². The Morgan fingerprint density at radius 2 is 1.29 bits per heavy atom. The maximum atomic E-state index is 6.97. The smallest absolute Gasteiger partial charge is 0.388 e. The standard InChI is InChI=1S/C25H38O2Si/c1-5-7-8-9-16-21-26-28(23-17-12-10-13-18-23,24-19-14-11-15-20-24)27-25(6-2)22(3)4/h10-15,17-20,22,25H,5-9,16,21H2,1-4H3. The second-order valence-corrected chi connectivity index (χ2v) is 10.8. The van der Waals surface area contributed by atoms with Crippen LogP contribution in [0.2, 0.25) is 0 Å². The Kier molecular flexibility index (Phi) is 9.97.